The van der Waals surface area contributed by atoms with Gasteiger partial charge in [0.15, 0.2) is 0 Å². The van der Waals surface area contributed by atoms with Crippen LogP contribution < -0.4 is 10.6 Å². The number of hydrogen-bond donors (Lipinski definition) is 2. The summed E-state index contributed by atoms with van der Waals surface area (Å²) in [6.45, 7) is 1.39. The Bertz CT molecular complexity index is 839. The maximum Gasteiger partial charge on any atom is 0.325 e. The van der Waals surface area contributed by atoms with Crippen LogP contribution in [-0.2, 0) is 16.0 Å². The molecule has 2 aromatic rings. The fraction of sp³-hybridized carbons (Fsp3) is 0.250. The Labute approximate surface area is 156 Å². The normalized spacial score (nSPS) is 17.6. The number of rotatable bonds is 6. The molecular formula is C20H20FN3O3. The highest BCUT2D eigenvalue weighted by molar-refractivity contribution is 6.06. The van der Waals surface area contributed by atoms with Crippen LogP contribution in [0.25, 0.3) is 0 Å². The number of nitrogens with one attached hydrogen (secondary N) is 2. The second-order valence-electron chi connectivity index (χ2n) is 6.46. The zero-order chi connectivity index (χ0) is 19.4. The summed E-state index contributed by atoms with van der Waals surface area (Å²) in [5, 5.41) is 5.33. The van der Waals surface area contributed by atoms with Crippen LogP contribution in [0.2, 0.25) is 0 Å². The summed E-state index contributed by atoms with van der Waals surface area (Å²) in [6, 6.07) is 13.5. The molecule has 1 aliphatic heterocycles. The van der Waals surface area contributed by atoms with Crippen molar-refractivity contribution < 1.29 is 18.8 Å². The van der Waals surface area contributed by atoms with Crippen LogP contribution in [0, 0.1) is 5.82 Å². The van der Waals surface area contributed by atoms with Crippen molar-refractivity contribution in [2.75, 3.05) is 6.54 Å². The maximum atomic E-state index is 13.0. The molecule has 0 spiro atoms. The van der Waals surface area contributed by atoms with Crippen LogP contribution in [-0.4, -0.2) is 35.3 Å². The van der Waals surface area contributed by atoms with E-state index in [1.165, 1.54) is 12.1 Å². The summed E-state index contributed by atoms with van der Waals surface area (Å²) in [4.78, 5) is 37.7. The van der Waals surface area contributed by atoms with Gasteiger partial charge in [-0.2, -0.15) is 0 Å². The fourth-order valence-corrected chi connectivity index (χ4v) is 2.98. The van der Waals surface area contributed by atoms with Gasteiger partial charge in [-0.1, -0.05) is 42.5 Å². The van der Waals surface area contributed by atoms with E-state index in [0.29, 0.717) is 6.42 Å². The number of benzene rings is 2. The van der Waals surface area contributed by atoms with Crippen LogP contribution in [0.1, 0.15) is 24.1 Å². The molecule has 1 fully saturated rings. The highest BCUT2D eigenvalue weighted by atomic mass is 19.1. The SMILES string of the molecule is C[C@H](NC(=O)CN1C(=O)N[C@@H](Cc2ccccc2)C1=O)c1ccc(F)cc1. The number of carbonyl (C=O) groups is 3. The Balaban J connectivity index is 1.58. The van der Waals surface area contributed by atoms with Crippen LogP contribution in [0.15, 0.2) is 54.6 Å². The molecule has 1 aliphatic rings. The van der Waals surface area contributed by atoms with E-state index in [9.17, 15) is 18.8 Å². The van der Waals surface area contributed by atoms with E-state index in [2.05, 4.69) is 10.6 Å². The third-order valence-corrected chi connectivity index (χ3v) is 4.44. The summed E-state index contributed by atoms with van der Waals surface area (Å²) in [7, 11) is 0. The number of urea groups is 1. The minimum absolute atomic E-state index is 0.360. The zero-order valence-corrected chi connectivity index (χ0v) is 14.8. The number of nitrogens with zero attached hydrogens (tertiary/aromatic N) is 1. The Hall–Kier alpha value is -3.22. The number of hydrogen-bond acceptors (Lipinski definition) is 3. The van der Waals surface area contributed by atoms with E-state index in [4.69, 9.17) is 0 Å². The molecule has 0 radical (unpaired) electrons. The number of carbonyl (C=O) groups excluding carboxylic acids is 3. The molecule has 7 heteroatoms. The van der Waals surface area contributed by atoms with Gasteiger partial charge < -0.3 is 10.6 Å². The molecule has 27 heavy (non-hydrogen) atoms. The molecule has 3 rings (SSSR count). The summed E-state index contributed by atoms with van der Waals surface area (Å²) in [5.74, 6) is -1.25. The van der Waals surface area contributed by atoms with Gasteiger partial charge >= 0.3 is 6.03 Å². The molecule has 1 heterocycles. The third-order valence-electron chi connectivity index (χ3n) is 4.44. The van der Waals surface area contributed by atoms with Crippen molar-refractivity contribution in [3.63, 3.8) is 0 Å². The summed E-state index contributed by atoms with van der Waals surface area (Å²) in [5.41, 5.74) is 1.65. The van der Waals surface area contributed by atoms with E-state index in [1.54, 1.807) is 19.1 Å². The van der Waals surface area contributed by atoms with E-state index in [0.717, 1.165) is 16.0 Å². The minimum Gasteiger partial charge on any atom is -0.348 e. The predicted octanol–water partition coefficient (Wildman–Crippen LogP) is 2.17. The van der Waals surface area contributed by atoms with Crippen LogP contribution in [0.4, 0.5) is 9.18 Å². The second kappa shape index (κ2) is 7.99. The van der Waals surface area contributed by atoms with Crippen molar-refractivity contribution in [3.8, 4) is 0 Å². The van der Waals surface area contributed by atoms with Gasteiger partial charge in [0.1, 0.15) is 18.4 Å². The molecule has 2 aromatic carbocycles. The zero-order valence-electron chi connectivity index (χ0n) is 14.8. The van der Waals surface area contributed by atoms with Gasteiger partial charge in [0.05, 0.1) is 6.04 Å². The Morgan fingerprint density at radius 1 is 1.15 bits per heavy atom. The van der Waals surface area contributed by atoms with Gasteiger partial charge in [-0.05, 0) is 30.2 Å². The smallest absolute Gasteiger partial charge is 0.325 e. The summed E-state index contributed by atoms with van der Waals surface area (Å²) >= 11 is 0. The van der Waals surface area contributed by atoms with Crippen molar-refractivity contribution in [1.29, 1.82) is 0 Å². The molecule has 0 aromatic heterocycles. The maximum absolute atomic E-state index is 13.0. The summed E-state index contributed by atoms with van der Waals surface area (Å²) < 4.78 is 13.0. The molecular weight excluding hydrogens is 349 g/mol. The number of imide groups is 1. The van der Waals surface area contributed by atoms with Crippen molar-refractivity contribution in [3.05, 3.63) is 71.5 Å². The number of halogens is 1. The van der Waals surface area contributed by atoms with E-state index < -0.39 is 23.9 Å². The Morgan fingerprint density at radius 2 is 1.81 bits per heavy atom. The molecule has 1 saturated heterocycles. The quantitative estimate of drug-likeness (QED) is 0.766. The van der Waals surface area contributed by atoms with Crippen LogP contribution >= 0.6 is 0 Å². The highest BCUT2D eigenvalue weighted by Gasteiger charge is 2.38. The second-order valence-corrected chi connectivity index (χ2v) is 6.46. The largest absolute Gasteiger partial charge is 0.348 e. The minimum atomic E-state index is -0.678. The molecule has 6 nitrogen and oxygen atoms in total. The van der Waals surface area contributed by atoms with Gasteiger partial charge in [-0.25, -0.2) is 9.18 Å². The molecule has 0 unspecified atom stereocenters. The van der Waals surface area contributed by atoms with Crippen molar-refractivity contribution in [2.45, 2.75) is 25.4 Å². The first kappa shape index (κ1) is 18.6. The van der Waals surface area contributed by atoms with Gasteiger partial charge in [0, 0.05) is 6.42 Å². The Kier molecular flexibility index (Phi) is 5.49. The van der Waals surface area contributed by atoms with Crippen LogP contribution in [0.5, 0.6) is 0 Å². The third kappa shape index (κ3) is 4.49. The van der Waals surface area contributed by atoms with Gasteiger partial charge in [0.2, 0.25) is 5.91 Å². The van der Waals surface area contributed by atoms with Gasteiger partial charge in [-0.15, -0.1) is 0 Å². The van der Waals surface area contributed by atoms with Crippen molar-refractivity contribution in [2.24, 2.45) is 0 Å². The fourth-order valence-electron chi connectivity index (χ4n) is 2.98. The lowest BCUT2D eigenvalue weighted by Crippen LogP contribution is -2.42. The van der Waals surface area contributed by atoms with E-state index in [1.807, 2.05) is 30.3 Å². The van der Waals surface area contributed by atoms with Crippen molar-refractivity contribution >= 4 is 17.8 Å². The van der Waals surface area contributed by atoms with Gasteiger partial charge in [0.25, 0.3) is 5.91 Å². The average molecular weight is 369 g/mol. The standard InChI is InChI=1S/C20H20FN3O3/c1-13(15-7-9-16(21)10-8-15)22-18(25)12-24-19(26)17(23-20(24)27)11-14-5-3-2-4-6-14/h2-10,13,17H,11-12H2,1H3,(H,22,25)(H,23,27)/t13-,17-/m0/s1. The summed E-state index contributed by atoms with van der Waals surface area (Å²) in [6.07, 6.45) is 0.371. The molecule has 2 atom stereocenters. The number of amides is 4. The molecule has 4 amide bonds. The van der Waals surface area contributed by atoms with Gasteiger partial charge in [-0.3, -0.25) is 14.5 Å². The first-order valence-electron chi connectivity index (χ1n) is 8.64. The lowest BCUT2D eigenvalue weighted by Gasteiger charge is -2.17. The highest BCUT2D eigenvalue weighted by Crippen LogP contribution is 2.14. The van der Waals surface area contributed by atoms with Crippen LogP contribution in [0.3, 0.4) is 0 Å². The average Bonchev–Trinajstić information content (AvgIpc) is 2.90. The van der Waals surface area contributed by atoms with E-state index >= 15 is 0 Å². The Morgan fingerprint density at radius 3 is 2.48 bits per heavy atom. The lowest BCUT2D eigenvalue weighted by molar-refractivity contribution is -0.132. The first-order valence-corrected chi connectivity index (χ1v) is 8.64. The van der Waals surface area contributed by atoms with E-state index in [-0.39, 0.29) is 18.4 Å². The lowest BCUT2D eigenvalue weighted by atomic mass is 10.1. The monoisotopic (exact) mass is 369 g/mol. The van der Waals surface area contributed by atoms with Crippen molar-refractivity contribution in [1.82, 2.24) is 15.5 Å². The topological polar surface area (TPSA) is 78.5 Å². The molecule has 2 N–H and O–H groups in total. The molecule has 0 aliphatic carbocycles. The molecule has 0 bridgehead atoms. The first-order chi connectivity index (χ1) is 12.9. The molecule has 140 valence electrons. The predicted molar refractivity (Wildman–Crippen MR) is 97.1 cm³/mol. The molecule has 0 saturated carbocycles.